The Balaban J connectivity index is 0.00000529. The van der Waals surface area contributed by atoms with Gasteiger partial charge in [0.25, 0.3) is 0 Å². The largest absolute Gasteiger partial charge is 0.382 e. The average molecular weight is 470 g/mol. The molecule has 0 bridgehead atoms. The summed E-state index contributed by atoms with van der Waals surface area (Å²) in [6, 6.07) is 7.91. The van der Waals surface area contributed by atoms with E-state index in [2.05, 4.69) is 22.5 Å². The molecule has 0 heterocycles. The van der Waals surface area contributed by atoms with Crippen LogP contribution in [0, 0.1) is 0 Å². The van der Waals surface area contributed by atoms with E-state index in [1.165, 1.54) is 0 Å². The minimum atomic E-state index is 0. The molecule has 0 saturated heterocycles. The van der Waals surface area contributed by atoms with Crippen LogP contribution in [0.2, 0.25) is 5.02 Å². The Morgan fingerprint density at radius 3 is 2.67 bits per heavy atom. The molecule has 0 amide bonds. The van der Waals surface area contributed by atoms with Gasteiger partial charge >= 0.3 is 0 Å². The highest BCUT2D eigenvalue weighted by molar-refractivity contribution is 14.0. The maximum atomic E-state index is 6.16. The molecule has 0 fully saturated rings. The summed E-state index contributed by atoms with van der Waals surface area (Å²) in [6.07, 6.45) is 1.76. The van der Waals surface area contributed by atoms with Crippen molar-refractivity contribution < 1.29 is 9.47 Å². The van der Waals surface area contributed by atoms with Gasteiger partial charge in [-0.15, -0.1) is 24.0 Å². The standard InChI is InChI=1S/C17H28ClN3O2.HI/c1-3-19-17(20-10-6-12-23-14-13-22-2)21-11-9-15-7-4-5-8-16(15)18;/h4-5,7-8H,3,6,9-14H2,1-2H3,(H2,19,20,21);1H. The first-order chi connectivity index (χ1) is 11.3. The topological polar surface area (TPSA) is 54.9 Å². The number of guanidine groups is 1. The van der Waals surface area contributed by atoms with Crippen LogP contribution in [0.15, 0.2) is 29.3 Å². The van der Waals surface area contributed by atoms with E-state index in [-0.39, 0.29) is 24.0 Å². The quantitative estimate of drug-likeness (QED) is 0.226. The summed E-state index contributed by atoms with van der Waals surface area (Å²) < 4.78 is 10.3. The Hall–Kier alpha value is -0.570. The molecule has 138 valence electrons. The lowest BCUT2D eigenvalue weighted by atomic mass is 10.1. The number of nitrogens with zero attached hydrogens (tertiary/aromatic N) is 1. The molecule has 0 saturated carbocycles. The molecule has 7 heteroatoms. The molecule has 24 heavy (non-hydrogen) atoms. The van der Waals surface area contributed by atoms with Crippen molar-refractivity contribution in [1.82, 2.24) is 10.6 Å². The highest BCUT2D eigenvalue weighted by Crippen LogP contribution is 2.14. The smallest absolute Gasteiger partial charge is 0.191 e. The van der Waals surface area contributed by atoms with Gasteiger partial charge in [-0.1, -0.05) is 29.8 Å². The van der Waals surface area contributed by atoms with Gasteiger partial charge in [-0.05, 0) is 31.4 Å². The number of halogens is 2. The van der Waals surface area contributed by atoms with E-state index >= 15 is 0 Å². The highest BCUT2D eigenvalue weighted by Gasteiger charge is 2.00. The maximum absolute atomic E-state index is 6.16. The van der Waals surface area contributed by atoms with Gasteiger partial charge in [-0.2, -0.15) is 0 Å². The number of ether oxygens (including phenoxy) is 2. The second kappa shape index (κ2) is 15.9. The summed E-state index contributed by atoms with van der Waals surface area (Å²) in [7, 11) is 1.67. The minimum Gasteiger partial charge on any atom is -0.382 e. The summed E-state index contributed by atoms with van der Waals surface area (Å²) in [4.78, 5) is 4.54. The lowest BCUT2D eigenvalue weighted by Crippen LogP contribution is -2.38. The Kier molecular flexibility index (Phi) is 15.6. The molecule has 0 aliphatic heterocycles. The van der Waals surface area contributed by atoms with Crippen molar-refractivity contribution in [2.75, 3.05) is 46.6 Å². The number of rotatable bonds is 11. The highest BCUT2D eigenvalue weighted by atomic mass is 127. The van der Waals surface area contributed by atoms with Gasteiger partial charge in [0.2, 0.25) is 0 Å². The fourth-order valence-corrected chi connectivity index (χ4v) is 2.19. The summed E-state index contributed by atoms with van der Waals surface area (Å²) in [6.45, 7) is 6.38. The van der Waals surface area contributed by atoms with E-state index < -0.39 is 0 Å². The SMILES string of the molecule is CCNC(=NCCCOCCOC)NCCc1ccccc1Cl.I. The van der Waals surface area contributed by atoms with Crippen molar-refractivity contribution in [3.8, 4) is 0 Å². The predicted octanol–water partition coefficient (Wildman–Crippen LogP) is 3.11. The van der Waals surface area contributed by atoms with Crippen LogP contribution in [0.5, 0.6) is 0 Å². The zero-order valence-corrected chi connectivity index (χ0v) is 17.6. The molecular weight excluding hydrogens is 441 g/mol. The van der Waals surface area contributed by atoms with E-state index in [1.807, 2.05) is 24.3 Å². The number of methoxy groups -OCH3 is 1. The third kappa shape index (κ3) is 11.1. The zero-order chi connectivity index (χ0) is 16.8. The molecule has 0 spiro atoms. The number of benzene rings is 1. The monoisotopic (exact) mass is 469 g/mol. The van der Waals surface area contributed by atoms with Crippen LogP contribution in [-0.4, -0.2) is 52.5 Å². The van der Waals surface area contributed by atoms with Crippen molar-refractivity contribution in [2.24, 2.45) is 4.99 Å². The molecular formula is C17H29ClIN3O2. The maximum Gasteiger partial charge on any atom is 0.191 e. The Labute approximate surface area is 167 Å². The van der Waals surface area contributed by atoms with Crippen molar-refractivity contribution >= 4 is 41.5 Å². The average Bonchev–Trinajstić information content (AvgIpc) is 2.55. The molecule has 1 rings (SSSR count). The van der Waals surface area contributed by atoms with Crippen LogP contribution in [0.4, 0.5) is 0 Å². The molecule has 0 atom stereocenters. The van der Waals surface area contributed by atoms with E-state index in [4.69, 9.17) is 21.1 Å². The third-order valence-electron chi connectivity index (χ3n) is 3.14. The van der Waals surface area contributed by atoms with Crippen LogP contribution in [0.1, 0.15) is 18.9 Å². The first-order valence-electron chi connectivity index (χ1n) is 8.10. The van der Waals surface area contributed by atoms with Crippen LogP contribution in [-0.2, 0) is 15.9 Å². The van der Waals surface area contributed by atoms with Crippen LogP contribution < -0.4 is 10.6 Å². The Morgan fingerprint density at radius 2 is 1.96 bits per heavy atom. The van der Waals surface area contributed by atoms with Crippen molar-refractivity contribution in [3.05, 3.63) is 34.9 Å². The Bertz CT molecular complexity index is 461. The Morgan fingerprint density at radius 1 is 1.17 bits per heavy atom. The van der Waals surface area contributed by atoms with Gasteiger partial charge < -0.3 is 20.1 Å². The summed E-state index contributed by atoms with van der Waals surface area (Å²) in [5, 5.41) is 7.38. The van der Waals surface area contributed by atoms with Gasteiger partial charge in [0.05, 0.1) is 13.2 Å². The summed E-state index contributed by atoms with van der Waals surface area (Å²) >= 11 is 6.16. The van der Waals surface area contributed by atoms with Gasteiger partial charge in [-0.25, -0.2) is 0 Å². The number of aliphatic imine (C=N–C) groups is 1. The van der Waals surface area contributed by atoms with E-state index in [1.54, 1.807) is 7.11 Å². The first-order valence-corrected chi connectivity index (χ1v) is 8.48. The van der Waals surface area contributed by atoms with Crippen LogP contribution >= 0.6 is 35.6 Å². The first kappa shape index (κ1) is 23.4. The van der Waals surface area contributed by atoms with E-state index in [0.717, 1.165) is 49.0 Å². The normalized spacial score (nSPS) is 11.0. The minimum absolute atomic E-state index is 0. The van der Waals surface area contributed by atoms with Gasteiger partial charge in [0.15, 0.2) is 5.96 Å². The summed E-state index contributed by atoms with van der Waals surface area (Å²) in [5.74, 6) is 0.830. The second-order valence-corrected chi connectivity index (χ2v) is 5.39. The van der Waals surface area contributed by atoms with Crippen molar-refractivity contribution in [3.63, 3.8) is 0 Å². The van der Waals surface area contributed by atoms with Crippen LogP contribution in [0.25, 0.3) is 0 Å². The molecule has 5 nitrogen and oxygen atoms in total. The molecule has 0 radical (unpaired) electrons. The lowest BCUT2D eigenvalue weighted by Gasteiger charge is -2.12. The number of hydrogen-bond acceptors (Lipinski definition) is 3. The van der Waals surface area contributed by atoms with Gasteiger partial charge in [0, 0.05) is 38.4 Å². The fourth-order valence-electron chi connectivity index (χ4n) is 1.96. The van der Waals surface area contributed by atoms with E-state index in [0.29, 0.717) is 19.8 Å². The summed E-state index contributed by atoms with van der Waals surface area (Å²) in [5.41, 5.74) is 1.14. The van der Waals surface area contributed by atoms with Crippen molar-refractivity contribution in [2.45, 2.75) is 19.8 Å². The molecule has 0 aliphatic rings. The molecule has 1 aromatic rings. The molecule has 0 aliphatic carbocycles. The lowest BCUT2D eigenvalue weighted by molar-refractivity contribution is 0.0702. The van der Waals surface area contributed by atoms with Gasteiger partial charge in [-0.3, -0.25) is 4.99 Å². The number of hydrogen-bond donors (Lipinski definition) is 2. The van der Waals surface area contributed by atoms with Crippen molar-refractivity contribution in [1.29, 1.82) is 0 Å². The predicted molar refractivity (Wildman–Crippen MR) is 112 cm³/mol. The molecule has 0 unspecified atom stereocenters. The molecule has 2 N–H and O–H groups in total. The fraction of sp³-hybridized carbons (Fsp3) is 0.588. The third-order valence-corrected chi connectivity index (χ3v) is 3.51. The number of nitrogens with one attached hydrogen (secondary N) is 2. The van der Waals surface area contributed by atoms with E-state index in [9.17, 15) is 0 Å². The zero-order valence-electron chi connectivity index (χ0n) is 14.5. The molecule has 0 aromatic heterocycles. The molecule has 1 aromatic carbocycles. The second-order valence-electron chi connectivity index (χ2n) is 4.99. The van der Waals surface area contributed by atoms with Gasteiger partial charge in [0.1, 0.15) is 0 Å². The van der Waals surface area contributed by atoms with Crippen LogP contribution in [0.3, 0.4) is 0 Å².